The predicted molar refractivity (Wildman–Crippen MR) is 164 cm³/mol. The van der Waals surface area contributed by atoms with E-state index in [2.05, 4.69) is 20.9 Å². The molecule has 234 valence electrons. The maximum Gasteiger partial charge on any atom is 0.249 e. The first-order valence-electron chi connectivity index (χ1n) is 14.5. The van der Waals surface area contributed by atoms with Gasteiger partial charge in [-0.2, -0.15) is 0 Å². The Labute approximate surface area is 252 Å². The molecule has 0 aliphatic heterocycles. The van der Waals surface area contributed by atoms with Gasteiger partial charge in [-0.25, -0.2) is 0 Å². The molecule has 0 aromatic heterocycles. The van der Waals surface area contributed by atoms with E-state index in [9.17, 15) is 29.4 Å². The number of aryl methyl sites for hydroxylation is 1. The third kappa shape index (κ3) is 12.5. The molecule has 12 nitrogen and oxygen atoms in total. The summed E-state index contributed by atoms with van der Waals surface area (Å²) in [6, 6.07) is 12.7. The Morgan fingerprint density at radius 2 is 1.58 bits per heavy atom. The summed E-state index contributed by atoms with van der Waals surface area (Å²) < 4.78 is 0. The van der Waals surface area contributed by atoms with E-state index in [0.717, 1.165) is 5.56 Å². The number of amides is 3. The summed E-state index contributed by atoms with van der Waals surface area (Å²) in [5.74, 6) is -2.14. The summed E-state index contributed by atoms with van der Waals surface area (Å²) in [6.07, 6.45) is 1.15. The first-order chi connectivity index (χ1) is 20.5. The number of nitrogens with zero attached hydrogens (tertiary/aromatic N) is 1. The number of carbonyl (C=O) groups excluding carboxylic acids is 4. The van der Waals surface area contributed by atoms with Gasteiger partial charge in [0.25, 0.3) is 0 Å². The fourth-order valence-electron chi connectivity index (χ4n) is 4.36. The van der Waals surface area contributed by atoms with Crippen LogP contribution in [0.25, 0.3) is 0 Å². The Morgan fingerprint density at radius 3 is 2.19 bits per heavy atom. The van der Waals surface area contributed by atoms with Crippen LogP contribution in [0.5, 0.6) is 5.75 Å². The number of aldehydes is 1. The van der Waals surface area contributed by atoms with E-state index >= 15 is 0 Å². The Morgan fingerprint density at radius 1 is 0.907 bits per heavy atom. The van der Waals surface area contributed by atoms with Crippen LogP contribution in [0, 0.1) is 5.92 Å². The first-order valence-corrected chi connectivity index (χ1v) is 14.5. The van der Waals surface area contributed by atoms with Crippen molar-refractivity contribution < 1.29 is 29.4 Å². The lowest BCUT2D eigenvalue weighted by Crippen LogP contribution is -2.58. The van der Waals surface area contributed by atoms with Crippen molar-refractivity contribution >= 4 is 30.0 Å². The second-order valence-electron chi connectivity index (χ2n) is 10.5. The largest absolute Gasteiger partial charge is 0.508 e. The molecule has 0 saturated heterocycles. The third-order valence-electron chi connectivity index (χ3n) is 7.12. The van der Waals surface area contributed by atoms with Crippen LogP contribution in [0.1, 0.15) is 50.7 Å². The molecule has 0 saturated carbocycles. The van der Waals surface area contributed by atoms with Crippen molar-refractivity contribution in [1.82, 2.24) is 16.0 Å². The number of aromatic hydroxyl groups is 1. The second-order valence-corrected chi connectivity index (χ2v) is 10.5. The SMILES string of the molecule is CC[C@H](C)[C@H](NC(=O)C(CCc1ccccc1)NC(=O)C(O)Cc1ccc(O)cc1)C(=O)NC(C=O)CCCN=C(N)N. The molecule has 3 amide bonds. The maximum atomic E-state index is 13.6. The van der Waals surface area contributed by atoms with Crippen LogP contribution in [0.2, 0.25) is 0 Å². The zero-order chi connectivity index (χ0) is 31.8. The van der Waals surface area contributed by atoms with E-state index in [1.807, 2.05) is 37.3 Å². The predicted octanol–water partition coefficient (Wildman–Crippen LogP) is 0.681. The van der Waals surface area contributed by atoms with E-state index in [0.29, 0.717) is 44.1 Å². The van der Waals surface area contributed by atoms with Crippen molar-refractivity contribution in [3.63, 3.8) is 0 Å². The van der Waals surface area contributed by atoms with E-state index in [1.54, 1.807) is 19.1 Å². The van der Waals surface area contributed by atoms with E-state index in [1.165, 1.54) is 12.1 Å². The highest BCUT2D eigenvalue weighted by Crippen LogP contribution is 2.13. The highest BCUT2D eigenvalue weighted by molar-refractivity contribution is 5.93. The molecule has 12 heteroatoms. The minimum atomic E-state index is -1.45. The number of rotatable bonds is 18. The molecule has 0 radical (unpaired) electrons. The number of phenolic OH excluding ortho intramolecular Hbond substituents is 1. The number of aliphatic hydroxyl groups is 1. The molecule has 0 fully saturated rings. The number of guanidine groups is 1. The van der Waals surface area contributed by atoms with Gasteiger partial charge < -0.3 is 42.4 Å². The Bertz CT molecular complexity index is 1200. The molecular formula is C31H44N6O6. The molecule has 9 N–H and O–H groups in total. The number of carbonyl (C=O) groups is 4. The molecule has 0 aliphatic rings. The average molecular weight is 597 g/mol. The summed E-state index contributed by atoms with van der Waals surface area (Å²) in [4.78, 5) is 55.3. The highest BCUT2D eigenvalue weighted by Gasteiger charge is 2.31. The molecule has 2 rings (SSSR count). The summed E-state index contributed by atoms with van der Waals surface area (Å²) in [5.41, 5.74) is 12.2. The van der Waals surface area contributed by atoms with Crippen molar-refractivity contribution in [3.8, 4) is 5.75 Å². The van der Waals surface area contributed by atoms with Gasteiger partial charge in [0.1, 0.15) is 30.2 Å². The number of aliphatic imine (C=N–C) groups is 1. The number of aliphatic hydroxyl groups excluding tert-OH is 1. The zero-order valence-electron chi connectivity index (χ0n) is 24.7. The quantitative estimate of drug-likeness (QED) is 0.0562. The summed E-state index contributed by atoms with van der Waals surface area (Å²) in [7, 11) is 0. The fraction of sp³-hybridized carbons (Fsp3) is 0.452. The van der Waals surface area contributed by atoms with Crippen molar-refractivity contribution in [1.29, 1.82) is 0 Å². The second kappa shape index (κ2) is 18.2. The molecule has 0 spiro atoms. The smallest absolute Gasteiger partial charge is 0.249 e. The van der Waals surface area contributed by atoms with Crippen LogP contribution >= 0.6 is 0 Å². The number of hydrogen-bond acceptors (Lipinski definition) is 7. The summed E-state index contributed by atoms with van der Waals surface area (Å²) >= 11 is 0. The number of nitrogens with two attached hydrogens (primary N) is 2. The van der Waals surface area contributed by atoms with Gasteiger partial charge in [-0.05, 0) is 54.9 Å². The monoisotopic (exact) mass is 596 g/mol. The van der Waals surface area contributed by atoms with Gasteiger partial charge in [0, 0.05) is 13.0 Å². The first kappa shape index (κ1) is 34.7. The molecule has 0 aliphatic carbocycles. The average Bonchev–Trinajstić information content (AvgIpc) is 3.00. The van der Waals surface area contributed by atoms with Crippen molar-refractivity contribution in [2.45, 2.75) is 76.6 Å². The van der Waals surface area contributed by atoms with Crippen LogP contribution in [0.15, 0.2) is 59.6 Å². The number of nitrogens with one attached hydrogen (secondary N) is 3. The zero-order valence-corrected chi connectivity index (χ0v) is 24.7. The lowest BCUT2D eigenvalue weighted by molar-refractivity contribution is -0.136. The van der Waals surface area contributed by atoms with Gasteiger partial charge in [-0.3, -0.25) is 19.4 Å². The summed E-state index contributed by atoms with van der Waals surface area (Å²) in [6.45, 7) is 3.98. The molecule has 0 heterocycles. The van der Waals surface area contributed by atoms with Gasteiger partial charge in [-0.15, -0.1) is 0 Å². The minimum absolute atomic E-state index is 0.0205. The molecule has 5 atom stereocenters. The Balaban J connectivity index is 2.15. The molecule has 2 aromatic carbocycles. The standard InChI is InChI=1S/C31H44N6O6/c1-3-20(2)27(30(43)35-23(19-38)10-7-17-34-31(32)33)37-28(41)25(16-13-21-8-5-4-6-9-21)36-29(42)26(40)18-22-11-14-24(39)15-12-22/h4-6,8-9,11-12,14-15,19-20,23,25-27,39-40H,3,7,10,13,16-18H2,1-2H3,(H,35,43)(H,36,42)(H,37,41)(H4,32,33,34)/t20-,23?,25?,26?,27-/m0/s1. The molecule has 0 bridgehead atoms. The van der Waals surface area contributed by atoms with Gasteiger partial charge in [0.15, 0.2) is 5.96 Å². The number of hydrogen-bond donors (Lipinski definition) is 7. The van der Waals surface area contributed by atoms with Crippen molar-refractivity contribution in [3.05, 3.63) is 65.7 Å². The maximum absolute atomic E-state index is 13.6. The Hall–Kier alpha value is -4.45. The van der Waals surface area contributed by atoms with Gasteiger partial charge >= 0.3 is 0 Å². The molecular weight excluding hydrogens is 552 g/mol. The van der Waals surface area contributed by atoms with Crippen LogP contribution in [-0.2, 0) is 32.0 Å². The molecule has 3 unspecified atom stereocenters. The Kier molecular flexibility index (Phi) is 14.7. The normalized spacial score (nSPS) is 14.3. The van der Waals surface area contributed by atoms with Crippen LogP contribution in [0.4, 0.5) is 0 Å². The van der Waals surface area contributed by atoms with Crippen LogP contribution in [-0.4, -0.2) is 71.0 Å². The van der Waals surface area contributed by atoms with E-state index in [4.69, 9.17) is 11.5 Å². The van der Waals surface area contributed by atoms with Crippen molar-refractivity contribution in [2.24, 2.45) is 22.4 Å². The lowest BCUT2D eigenvalue weighted by Gasteiger charge is -2.28. The lowest BCUT2D eigenvalue weighted by atomic mass is 9.96. The number of phenols is 1. The number of benzene rings is 2. The minimum Gasteiger partial charge on any atom is -0.508 e. The van der Waals surface area contributed by atoms with Crippen molar-refractivity contribution in [2.75, 3.05) is 6.54 Å². The highest BCUT2D eigenvalue weighted by atomic mass is 16.3. The van der Waals surface area contributed by atoms with Crippen LogP contribution < -0.4 is 27.4 Å². The van der Waals surface area contributed by atoms with Crippen LogP contribution in [0.3, 0.4) is 0 Å². The van der Waals surface area contributed by atoms with Gasteiger partial charge in [0.05, 0.1) is 6.04 Å². The topological polar surface area (TPSA) is 209 Å². The van der Waals surface area contributed by atoms with Gasteiger partial charge in [-0.1, -0.05) is 62.7 Å². The summed E-state index contributed by atoms with van der Waals surface area (Å²) in [5, 5.41) is 28.2. The molecule has 2 aromatic rings. The van der Waals surface area contributed by atoms with E-state index in [-0.39, 0.29) is 30.5 Å². The van der Waals surface area contributed by atoms with Gasteiger partial charge in [0.2, 0.25) is 17.7 Å². The third-order valence-corrected chi connectivity index (χ3v) is 7.12. The molecule has 43 heavy (non-hydrogen) atoms. The fourth-order valence-corrected chi connectivity index (χ4v) is 4.36. The van der Waals surface area contributed by atoms with E-state index < -0.39 is 42.0 Å².